The molecule has 1 saturated heterocycles. The molecule has 0 bridgehead atoms. The number of ether oxygens (including phenoxy) is 1. The van der Waals surface area contributed by atoms with Gasteiger partial charge in [-0.25, -0.2) is 0 Å². The zero-order valence-electron chi connectivity index (χ0n) is 12.3. The lowest BCUT2D eigenvalue weighted by Crippen LogP contribution is -2.54. The van der Waals surface area contributed by atoms with Crippen molar-refractivity contribution >= 4 is 5.91 Å². The molecule has 0 saturated carbocycles. The molecule has 1 aliphatic heterocycles. The summed E-state index contributed by atoms with van der Waals surface area (Å²) in [6.45, 7) is 5.38. The first-order valence-electron chi connectivity index (χ1n) is 7.34. The molecule has 2 rings (SSSR count). The summed E-state index contributed by atoms with van der Waals surface area (Å²) in [7, 11) is 0. The van der Waals surface area contributed by atoms with Crippen LogP contribution in [0.3, 0.4) is 0 Å². The highest BCUT2D eigenvalue weighted by molar-refractivity contribution is 5.82. The molecule has 20 heavy (non-hydrogen) atoms. The summed E-state index contributed by atoms with van der Waals surface area (Å²) in [5.74, 6) is 0.0300. The number of nitrogens with two attached hydrogens (primary N) is 1. The van der Waals surface area contributed by atoms with Crippen molar-refractivity contribution in [2.75, 3.05) is 13.1 Å². The summed E-state index contributed by atoms with van der Waals surface area (Å²) in [6.07, 6.45) is 1.72. The number of hydrogen-bond donors (Lipinski definition) is 1. The van der Waals surface area contributed by atoms with Crippen molar-refractivity contribution in [1.82, 2.24) is 4.90 Å². The fourth-order valence-corrected chi connectivity index (χ4v) is 2.64. The SMILES string of the molecule is CC[C@@H]1CN(C(=O)[C@H](N)Cc2ccccc2)C[C@@H](C)O1. The third-order valence-electron chi connectivity index (χ3n) is 3.71. The molecule has 0 spiro atoms. The third kappa shape index (κ3) is 3.81. The Hall–Kier alpha value is -1.39. The number of carbonyl (C=O) groups excluding carboxylic acids is 1. The predicted octanol–water partition coefficient (Wildman–Crippen LogP) is 1.58. The van der Waals surface area contributed by atoms with Crippen molar-refractivity contribution in [3.63, 3.8) is 0 Å². The largest absolute Gasteiger partial charge is 0.372 e. The van der Waals surface area contributed by atoms with E-state index in [0.29, 0.717) is 19.5 Å². The monoisotopic (exact) mass is 276 g/mol. The van der Waals surface area contributed by atoms with Crippen molar-refractivity contribution in [3.8, 4) is 0 Å². The third-order valence-corrected chi connectivity index (χ3v) is 3.71. The molecule has 1 amide bonds. The van der Waals surface area contributed by atoms with E-state index in [4.69, 9.17) is 10.5 Å². The van der Waals surface area contributed by atoms with Gasteiger partial charge in [-0.3, -0.25) is 4.79 Å². The number of hydrogen-bond acceptors (Lipinski definition) is 3. The van der Waals surface area contributed by atoms with Crippen LogP contribution in [0.1, 0.15) is 25.8 Å². The van der Waals surface area contributed by atoms with Gasteiger partial charge in [0, 0.05) is 13.1 Å². The Morgan fingerprint density at radius 1 is 1.40 bits per heavy atom. The van der Waals surface area contributed by atoms with Crippen molar-refractivity contribution < 1.29 is 9.53 Å². The topological polar surface area (TPSA) is 55.6 Å². The van der Waals surface area contributed by atoms with Gasteiger partial charge < -0.3 is 15.4 Å². The highest BCUT2D eigenvalue weighted by Gasteiger charge is 2.30. The standard InChI is InChI=1S/C16H24N2O2/c1-3-14-11-18(10-12(2)20-14)16(19)15(17)9-13-7-5-4-6-8-13/h4-8,12,14-15H,3,9-11,17H2,1-2H3/t12-,14-,15-/m1/s1. The second-order valence-electron chi connectivity index (χ2n) is 5.52. The Balaban J connectivity index is 1.95. The molecular weight excluding hydrogens is 252 g/mol. The Morgan fingerprint density at radius 2 is 2.10 bits per heavy atom. The van der Waals surface area contributed by atoms with Gasteiger partial charge in [0.25, 0.3) is 0 Å². The van der Waals surface area contributed by atoms with Gasteiger partial charge in [0.2, 0.25) is 5.91 Å². The highest BCUT2D eigenvalue weighted by Crippen LogP contribution is 2.15. The van der Waals surface area contributed by atoms with Crippen LogP contribution in [-0.4, -0.2) is 42.1 Å². The van der Waals surface area contributed by atoms with Gasteiger partial charge >= 0.3 is 0 Å². The number of carbonyl (C=O) groups is 1. The molecule has 1 fully saturated rings. The molecular formula is C16H24N2O2. The van der Waals surface area contributed by atoms with Crippen molar-refractivity contribution in [2.45, 2.75) is 44.9 Å². The van der Waals surface area contributed by atoms with Crippen LogP contribution >= 0.6 is 0 Å². The highest BCUT2D eigenvalue weighted by atomic mass is 16.5. The second kappa shape index (κ2) is 6.86. The number of nitrogens with zero attached hydrogens (tertiary/aromatic N) is 1. The molecule has 4 nitrogen and oxygen atoms in total. The quantitative estimate of drug-likeness (QED) is 0.908. The molecule has 3 atom stereocenters. The van der Waals surface area contributed by atoms with E-state index in [1.54, 1.807) is 0 Å². The summed E-state index contributed by atoms with van der Waals surface area (Å²) in [5, 5.41) is 0. The molecule has 1 heterocycles. The summed E-state index contributed by atoms with van der Waals surface area (Å²) < 4.78 is 5.78. The first-order chi connectivity index (χ1) is 9.60. The molecule has 0 aromatic heterocycles. The Bertz CT molecular complexity index is 435. The zero-order valence-corrected chi connectivity index (χ0v) is 12.3. The average molecular weight is 276 g/mol. The maximum absolute atomic E-state index is 12.5. The molecule has 4 heteroatoms. The molecule has 0 aliphatic carbocycles. The maximum atomic E-state index is 12.5. The first kappa shape index (κ1) is 15.0. The van der Waals surface area contributed by atoms with E-state index in [9.17, 15) is 4.79 Å². The van der Waals surface area contributed by atoms with E-state index >= 15 is 0 Å². The number of rotatable bonds is 4. The second-order valence-corrected chi connectivity index (χ2v) is 5.52. The summed E-state index contributed by atoms with van der Waals surface area (Å²) in [5.41, 5.74) is 7.18. The van der Waals surface area contributed by atoms with Crippen molar-refractivity contribution in [2.24, 2.45) is 5.73 Å². The summed E-state index contributed by atoms with van der Waals surface area (Å²) >= 11 is 0. The Morgan fingerprint density at radius 3 is 2.75 bits per heavy atom. The first-order valence-corrected chi connectivity index (χ1v) is 7.34. The average Bonchev–Trinajstić information content (AvgIpc) is 2.46. The van der Waals surface area contributed by atoms with Crippen LogP contribution in [0, 0.1) is 0 Å². The van der Waals surface area contributed by atoms with Gasteiger partial charge in [0.05, 0.1) is 18.2 Å². The van der Waals surface area contributed by atoms with Gasteiger partial charge in [-0.1, -0.05) is 37.3 Å². The van der Waals surface area contributed by atoms with Gasteiger partial charge in [-0.15, -0.1) is 0 Å². The van der Waals surface area contributed by atoms with Crippen molar-refractivity contribution in [1.29, 1.82) is 0 Å². The zero-order chi connectivity index (χ0) is 14.5. The number of morpholine rings is 1. The van der Waals surface area contributed by atoms with Gasteiger partial charge in [-0.05, 0) is 25.3 Å². The molecule has 1 aromatic rings. The van der Waals surface area contributed by atoms with Gasteiger partial charge in [0.1, 0.15) is 0 Å². The van der Waals surface area contributed by atoms with Crippen LogP contribution in [0.4, 0.5) is 0 Å². The van der Waals surface area contributed by atoms with Crippen LogP contribution in [0.2, 0.25) is 0 Å². The molecule has 2 N–H and O–H groups in total. The number of benzene rings is 1. The van der Waals surface area contributed by atoms with E-state index in [1.165, 1.54) is 0 Å². The van der Waals surface area contributed by atoms with Crippen molar-refractivity contribution in [3.05, 3.63) is 35.9 Å². The fourth-order valence-electron chi connectivity index (χ4n) is 2.64. The Labute approximate surface area is 120 Å². The lowest BCUT2D eigenvalue weighted by molar-refractivity contribution is -0.145. The van der Waals surface area contributed by atoms with Crippen LogP contribution in [0.5, 0.6) is 0 Å². The van der Waals surface area contributed by atoms with E-state index in [1.807, 2.05) is 42.2 Å². The van der Waals surface area contributed by atoms with E-state index < -0.39 is 6.04 Å². The molecule has 0 unspecified atom stereocenters. The van der Waals surface area contributed by atoms with Crippen LogP contribution in [0.15, 0.2) is 30.3 Å². The smallest absolute Gasteiger partial charge is 0.240 e. The molecule has 1 aromatic carbocycles. The van der Waals surface area contributed by atoms with Crippen LogP contribution < -0.4 is 5.73 Å². The molecule has 110 valence electrons. The minimum absolute atomic E-state index is 0.0300. The van der Waals surface area contributed by atoms with E-state index in [-0.39, 0.29) is 18.1 Å². The lowest BCUT2D eigenvalue weighted by Gasteiger charge is -2.37. The lowest BCUT2D eigenvalue weighted by atomic mass is 10.0. The molecule has 1 aliphatic rings. The predicted molar refractivity (Wildman–Crippen MR) is 79.3 cm³/mol. The maximum Gasteiger partial charge on any atom is 0.240 e. The van der Waals surface area contributed by atoms with Gasteiger partial charge in [0.15, 0.2) is 0 Å². The summed E-state index contributed by atoms with van der Waals surface area (Å²) in [6, 6.07) is 9.44. The van der Waals surface area contributed by atoms with Crippen LogP contribution in [0.25, 0.3) is 0 Å². The number of amides is 1. The van der Waals surface area contributed by atoms with Gasteiger partial charge in [-0.2, -0.15) is 0 Å². The minimum atomic E-state index is -0.472. The minimum Gasteiger partial charge on any atom is -0.372 e. The summed E-state index contributed by atoms with van der Waals surface area (Å²) in [4.78, 5) is 14.3. The van der Waals surface area contributed by atoms with E-state index in [2.05, 4.69) is 6.92 Å². The van der Waals surface area contributed by atoms with E-state index in [0.717, 1.165) is 12.0 Å². The normalized spacial score (nSPS) is 24.4. The Kier molecular flexibility index (Phi) is 5.15. The fraction of sp³-hybridized carbons (Fsp3) is 0.562. The van der Waals surface area contributed by atoms with Crippen LogP contribution in [-0.2, 0) is 16.0 Å². The molecule has 0 radical (unpaired) electrons.